The smallest absolute Gasteiger partial charge is 0.124 e. The van der Waals surface area contributed by atoms with Crippen LogP contribution in [0.4, 0.5) is 0 Å². The first-order valence-electron chi connectivity index (χ1n) is 6.10. The van der Waals surface area contributed by atoms with Gasteiger partial charge in [-0.2, -0.15) is 0 Å². The fourth-order valence-electron chi connectivity index (χ4n) is 1.69. The molecule has 17 heavy (non-hydrogen) atoms. The van der Waals surface area contributed by atoms with Crippen molar-refractivity contribution in [3.05, 3.63) is 28.2 Å². The van der Waals surface area contributed by atoms with Gasteiger partial charge in [0.1, 0.15) is 5.75 Å². The highest BCUT2D eigenvalue weighted by atomic mass is 79.9. The zero-order valence-electron chi connectivity index (χ0n) is 11.1. The summed E-state index contributed by atoms with van der Waals surface area (Å²) in [6, 6.07) is 6.01. The molecule has 0 amide bonds. The van der Waals surface area contributed by atoms with Crippen LogP contribution in [-0.4, -0.2) is 6.61 Å². The van der Waals surface area contributed by atoms with E-state index >= 15 is 0 Å². The lowest BCUT2D eigenvalue weighted by atomic mass is 9.78. The lowest BCUT2D eigenvalue weighted by Gasteiger charge is -2.31. The van der Waals surface area contributed by atoms with Crippen LogP contribution in [0.1, 0.15) is 45.7 Å². The molecule has 1 rings (SSSR count). The number of nitrogens with two attached hydrogens (primary N) is 1. The number of halogens is 1. The molecule has 0 aromatic heterocycles. The maximum atomic E-state index is 6.38. The zero-order valence-corrected chi connectivity index (χ0v) is 12.7. The van der Waals surface area contributed by atoms with E-state index in [2.05, 4.69) is 42.8 Å². The van der Waals surface area contributed by atoms with Gasteiger partial charge >= 0.3 is 0 Å². The number of hydrogen-bond donors (Lipinski definition) is 1. The Morgan fingerprint density at radius 3 is 2.53 bits per heavy atom. The fraction of sp³-hybridized carbons (Fsp3) is 0.571. The first kappa shape index (κ1) is 14.5. The van der Waals surface area contributed by atoms with Crippen LogP contribution in [-0.2, 0) is 0 Å². The number of hydrogen-bond acceptors (Lipinski definition) is 2. The van der Waals surface area contributed by atoms with Gasteiger partial charge in [0.15, 0.2) is 0 Å². The van der Waals surface area contributed by atoms with Crippen molar-refractivity contribution in [3.63, 3.8) is 0 Å². The molecule has 3 heteroatoms. The Bertz CT molecular complexity index is 376. The monoisotopic (exact) mass is 299 g/mol. The number of ether oxygens (including phenoxy) is 1. The van der Waals surface area contributed by atoms with E-state index in [1.165, 1.54) is 0 Å². The van der Waals surface area contributed by atoms with Crippen LogP contribution in [0.25, 0.3) is 0 Å². The molecule has 1 atom stereocenters. The van der Waals surface area contributed by atoms with Gasteiger partial charge in [0.05, 0.1) is 6.61 Å². The third kappa shape index (κ3) is 3.46. The van der Waals surface area contributed by atoms with Crippen molar-refractivity contribution in [2.75, 3.05) is 6.61 Å². The Labute approximate surface area is 113 Å². The molecule has 2 nitrogen and oxygen atoms in total. The summed E-state index contributed by atoms with van der Waals surface area (Å²) in [5.74, 6) is 0.893. The first-order chi connectivity index (χ1) is 7.92. The van der Waals surface area contributed by atoms with Gasteiger partial charge in [-0.15, -0.1) is 0 Å². The van der Waals surface area contributed by atoms with Crippen molar-refractivity contribution >= 4 is 15.9 Å². The van der Waals surface area contributed by atoms with E-state index in [-0.39, 0.29) is 11.5 Å². The van der Waals surface area contributed by atoms with Crippen LogP contribution in [0.2, 0.25) is 0 Å². The van der Waals surface area contributed by atoms with Crippen molar-refractivity contribution in [1.29, 1.82) is 0 Å². The normalized spacial score (nSPS) is 13.5. The van der Waals surface area contributed by atoms with Gasteiger partial charge in [0.2, 0.25) is 0 Å². The van der Waals surface area contributed by atoms with Crippen LogP contribution >= 0.6 is 15.9 Å². The molecule has 0 saturated carbocycles. The van der Waals surface area contributed by atoms with Crippen LogP contribution in [0.15, 0.2) is 22.7 Å². The van der Waals surface area contributed by atoms with Gasteiger partial charge in [-0.3, -0.25) is 0 Å². The Morgan fingerprint density at radius 1 is 1.35 bits per heavy atom. The highest BCUT2D eigenvalue weighted by Crippen LogP contribution is 2.39. The summed E-state index contributed by atoms with van der Waals surface area (Å²) in [7, 11) is 0. The van der Waals surface area contributed by atoms with Gasteiger partial charge in [0.25, 0.3) is 0 Å². The maximum absolute atomic E-state index is 6.38. The zero-order chi connectivity index (χ0) is 13.1. The average Bonchev–Trinajstić information content (AvgIpc) is 2.30. The third-order valence-corrected chi connectivity index (χ3v) is 3.85. The van der Waals surface area contributed by atoms with Crippen LogP contribution < -0.4 is 10.5 Å². The molecule has 0 aliphatic heterocycles. The molecule has 0 saturated heterocycles. The largest absolute Gasteiger partial charge is 0.494 e. The quantitative estimate of drug-likeness (QED) is 0.880. The lowest BCUT2D eigenvalue weighted by Crippen LogP contribution is -2.29. The van der Waals surface area contributed by atoms with Crippen LogP contribution in [0, 0.1) is 5.41 Å². The molecule has 2 N–H and O–H groups in total. The van der Waals surface area contributed by atoms with E-state index < -0.39 is 0 Å². The fourth-order valence-corrected chi connectivity index (χ4v) is 2.07. The summed E-state index contributed by atoms with van der Waals surface area (Å²) in [4.78, 5) is 0. The molecule has 1 aromatic rings. The minimum atomic E-state index is -0.0217. The first-order valence-corrected chi connectivity index (χ1v) is 6.89. The summed E-state index contributed by atoms with van der Waals surface area (Å²) in [5, 5.41) is 0. The van der Waals surface area contributed by atoms with Crippen molar-refractivity contribution in [1.82, 2.24) is 0 Å². The Balaban J connectivity index is 3.14. The van der Waals surface area contributed by atoms with Crippen molar-refractivity contribution in [2.24, 2.45) is 11.1 Å². The summed E-state index contributed by atoms with van der Waals surface area (Å²) >= 11 is 3.49. The number of rotatable bonds is 5. The second-order valence-electron chi connectivity index (χ2n) is 4.93. The predicted octanol–water partition coefficient (Wildman–Crippen LogP) is 4.28. The van der Waals surface area contributed by atoms with Crippen molar-refractivity contribution in [3.8, 4) is 5.75 Å². The van der Waals surface area contributed by atoms with Gasteiger partial charge in [-0.25, -0.2) is 0 Å². The van der Waals surface area contributed by atoms with Gasteiger partial charge in [0, 0.05) is 16.1 Å². The van der Waals surface area contributed by atoms with Gasteiger partial charge in [-0.05, 0) is 37.0 Å². The molecule has 0 heterocycles. The Morgan fingerprint density at radius 2 is 2.00 bits per heavy atom. The van der Waals surface area contributed by atoms with E-state index in [0.29, 0.717) is 6.61 Å². The van der Waals surface area contributed by atoms with E-state index in [0.717, 1.165) is 22.2 Å². The highest BCUT2D eigenvalue weighted by Gasteiger charge is 2.28. The Hall–Kier alpha value is -0.540. The van der Waals surface area contributed by atoms with Gasteiger partial charge < -0.3 is 10.5 Å². The van der Waals surface area contributed by atoms with Crippen LogP contribution in [0.3, 0.4) is 0 Å². The maximum Gasteiger partial charge on any atom is 0.124 e. The molecule has 96 valence electrons. The Kier molecular flexibility index (Phi) is 5.02. The molecule has 0 spiro atoms. The van der Waals surface area contributed by atoms with E-state index in [1.807, 2.05) is 19.1 Å². The lowest BCUT2D eigenvalue weighted by molar-refractivity contribution is 0.265. The molecular formula is C14H22BrNO. The minimum absolute atomic E-state index is 0.0217. The number of benzene rings is 1. The second kappa shape index (κ2) is 5.87. The summed E-state index contributed by atoms with van der Waals surface area (Å²) in [5.41, 5.74) is 7.52. The van der Waals surface area contributed by atoms with Crippen molar-refractivity contribution in [2.45, 2.75) is 40.2 Å². The third-order valence-electron chi connectivity index (χ3n) is 3.36. The van der Waals surface area contributed by atoms with Gasteiger partial charge in [-0.1, -0.05) is 36.7 Å². The predicted molar refractivity (Wildman–Crippen MR) is 76.3 cm³/mol. The molecule has 0 fully saturated rings. The van der Waals surface area contributed by atoms with Crippen LogP contribution in [0.5, 0.6) is 5.75 Å². The summed E-state index contributed by atoms with van der Waals surface area (Å²) in [6.45, 7) is 9.19. The molecule has 1 unspecified atom stereocenters. The standard InChI is InChI=1S/C14H22BrNO/c1-5-14(3,4)13(16)11-9-10(15)7-8-12(11)17-6-2/h7-9,13H,5-6,16H2,1-4H3. The van der Waals surface area contributed by atoms with E-state index in [9.17, 15) is 0 Å². The van der Waals surface area contributed by atoms with Crippen molar-refractivity contribution < 1.29 is 4.74 Å². The molecule has 0 aliphatic rings. The highest BCUT2D eigenvalue weighted by molar-refractivity contribution is 9.10. The van der Waals surface area contributed by atoms with E-state index in [4.69, 9.17) is 10.5 Å². The summed E-state index contributed by atoms with van der Waals surface area (Å²) in [6.07, 6.45) is 1.03. The second-order valence-corrected chi connectivity index (χ2v) is 5.85. The summed E-state index contributed by atoms with van der Waals surface area (Å²) < 4.78 is 6.69. The molecule has 0 aliphatic carbocycles. The van der Waals surface area contributed by atoms with E-state index in [1.54, 1.807) is 0 Å². The topological polar surface area (TPSA) is 35.2 Å². The molecule has 1 aromatic carbocycles. The molecule has 0 bridgehead atoms. The average molecular weight is 300 g/mol. The molecule has 0 radical (unpaired) electrons. The molecular weight excluding hydrogens is 278 g/mol. The SMILES string of the molecule is CCOc1ccc(Br)cc1C(N)C(C)(C)CC. The minimum Gasteiger partial charge on any atom is -0.494 e.